The van der Waals surface area contributed by atoms with Gasteiger partial charge in [-0.2, -0.15) is 0 Å². The third kappa shape index (κ3) is 2.23. The summed E-state index contributed by atoms with van der Waals surface area (Å²) in [7, 11) is 0. The second-order valence-electron chi connectivity index (χ2n) is 4.14. The molecule has 2 aromatic rings. The van der Waals surface area contributed by atoms with Crippen LogP contribution in [0.15, 0.2) is 36.4 Å². The second kappa shape index (κ2) is 4.45. The number of nitrogens with zero attached hydrogens (tertiary/aromatic N) is 1. The molecule has 1 heterocycles. The number of carboxylic acid groups (broad SMARTS) is 1. The van der Waals surface area contributed by atoms with Crippen LogP contribution in [0, 0.1) is 13.8 Å². The lowest BCUT2D eigenvalue weighted by atomic mass is 10.2. The number of carboxylic acids is 1. The van der Waals surface area contributed by atoms with E-state index in [9.17, 15) is 4.79 Å². The van der Waals surface area contributed by atoms with Gasteiger partial charge in [0, 0.05) is 17.1 Å². The number of hydrogen-bond acceptors (Lipinski definition) is 1. The number of rotatable bonds is 3. The summed E-state index contributed by atoms with van der Waals surface area (Å²) >= 11 is 0. The van der Waals surface area contributed by atoms with E-state index in [-0.39, 0.29) is 6.42 Å². The van der Waals surface area contributed by atoms with Crippen LogP contribution < -0.4 is 0 Å². The van der Waals surface area contributed by atoms with Crippen LogP contribution in [0.2, 0.25) is 0 Å². The van der Waals surface area contributed by atoms with Crippen LogP contribution in [0.3, 0.4) is 0 Å². The fraction of sp³-hybridized carbons (Fsp3) is 0.214. The van der Waals surface area contributed by atoms with Crippen molar-refractivity contribution >= 4 is 5.97 Å². The fourth-order valence-electron chi connectivity index (χ4n) is 2.15. The molecule has 0 bridgehead atoms. The zero-order valence-corrected chi connectivity index (χ0v) is 9.97. The highest BCUT2D eigenvalue weighted by Crippen LogP contribution is 2.20. The molecule has 3 nitrogen and oxygen atoms in total. The summed E-state index contributed by atoms with van der Waals surface area (Å²) in [5.74, 6) is -0.793. The summed E-state index contributed by atoms with van der Waals surface area (Å²) in [6.45, 7) is 3.95. The van der Waals surface area contributed by atoms with Crippen molar-refractivity contribution in [3.63, 3.8) is 0 Å². The molecule has 0 aliphatic rings. The Morgan fingerprint density at radius 1 is 1.24 bits per heavy atom. The van der Waals surface area contributed by atoms with Crippen molar-refractivity contribution in [1.29, 1.82) is 0 Å². The molecule has 0 spiro atoms. The maximum Gasteiger partial charge on any atom is 0.307 e. The molecule has 0 aliphatic carbocycles. The van der Waals surface area contributed by atoms with E-state index in [1.54, 1.807) is 0 Å². The van der Waals surface area contributed by atoms with E-state index in [1.807, 2.05) is 50.2 Å². The number of carbonyl (C=O) groups is 1. The summed E-state index contributed by atoms with van der Waals surface area (Å²) in [4.78, 5) is 10.8. The summed E-state index contributed by atoms with van der Waals surface area (Å²) in [5, 5.41) is 8.85. The van der Waals surface area contributed by atoms with Crippen LogP contribution in [0.25, 0.3) is 5.69 Å². The zero-order valence-electron chi connectivity index (χ0n) is 9.97. The van der Waals surface area contributed by atoms with Gasteiger partial charge in [-0.15, -0.1) is 0 Å². The van der Waals surface area contributed by atoms with Gasteiger partial charge in [0.25, 0.3) is 0 Å². The van der Waals surface area contributed by atoms with E-state index >= 15 is 0 Å². The Balaban J connectivity index is 2.49. The minimum absolute atomic E-state index is 0.0759. The molecule has 0 atom stereocenters. The molecule has 88 valence electrons. The highest BCUT2D eigenvalue weighted by molar-refractivity contribution is 5.71. The first-order chi connectivity index (χ1) is 8.09. The Kier molecular flexibility index (Phi) is 3.00. The van der Waals surface area contributed by atoms with E-state index in [0.29, 0.717) is 0 Å². The lowest BCUT2D eigenvalue weighted by Crippen LogP contribution is -2.03. The molecule has 17 heavy (non-hydrogen) atoms. The van der Waals surface area contributed by atoms with Crippen molar-refractivity contribution in [2.45, 2.75) is 20.3 Å². The van der Waals surface area contributed by atoms with E-state index in [1.165, 1.54) is 0 Å². The maximum absolute atomic E-state index is 10.8. The van der Waals surface area contributed by atoms with Crippen molar-refractivity contribution in [1.82, 2.24) is 4.57 Å². The molecule has 3 heteroatoms. The quantitative estimate of drug-likeness (QED) is 0.879. The summed E-state index contributed by atoms with van der Waals surface area (Å²) in [5.41, 5.74) is 4.00. The molecule has 0 fully saturated rings. The molecule has 1 aromatic carbocycles. The molecular formula is C14H15NO2. The first kappa shape index (κ1) is 11.5. The number of benzene rings is 1. The van der Waals surface area contributed by atoms with Gasteiger partial charge in [-0.25, -0.2) is 0 Å². The van der Waals surface area contributed by atoms with Crippen molar-refractivity contribution in [3.8, 4) is 5.69 Å². The standard InChI is InChI=1S/C14H15NO2/c1-10-8-12(9-14(16)17)11(2)15(10)13-6-4-3-5-7-13/h3-8H,9H2,1-2H3,(H,16,17). The highest BCUT2D eigenvalue weighted by atomic mass is 16.4. The van der Waals surface area contributed by atoms with E-state index in [4.69, 9.17) is 5.11 Å². The van der Waals surface area contributed by atoms with Crippen LogP contribution in [-0.2, 0) is 11.2 Å². The largest absolute Gasteiger partial charge is 0.481 e. The van der Waals surface area contributed by atoms with Gasteiger partial charge in [-0.05, 0) is 37.6 Å². The minimum Gasteiger partial charge on any atom is -0.481 e. The summed E-state index contributed by atoms with van der Waals surface area (Å²) in [6, 6.07) is 11.9. The Morgan fingerprint density at radius 2 is 1.88 bits per heavy atom. The fourth-order valence-corrected chi connectivity index (χ4v) is 2.15. The average molecular weight is 229 g/mol. The summed E-state index contributed by atoms with van der Waals surface area (Å²) < 4.78 is 2.08. The molecule has 1 N–H and O–H groups in total. The monoisotopic (exact) mass is 229 g/mol. The van der Waals surface area contributed by atoms with Gasteiger partial charge in [-0.3, -0.25) is 4.79 Å². The van der Waals surface area contributed by atoms with Crippen LogP contribution in [0.5, 0.6) is 0 Å². The lowest BCUT2D eigenvalue weighted by Gasteiger charge is -2.09. The zero-order chi connectivity index (χ0) is 12.4. The number of aromatic nitrogens is 1. The SMILES string of the molecule is Cc1cc(CC(=O)O)c(C)n1-c1ccccc1. The van der Waals surface area contributed by atoms with Crippen molar-refractivity contribution in [3.05, 3.63) is 53.3 Å². The second-order valence-corrected chi connectivity index (χ2v) is 4.14. The minimum atomic E-state index is -0.793. The van der Waals surface area contributed by atoms with Crippen LogP contribution in [-0.4, -0.2) is 15.6 Å². The van der Waals surface area contributed by atoms with Gasteiger partial charge in [0.05, 0.1) is 6.42 Å². The van der Waals surface area contributed by atoms with Gasteiger partial charge < -0.3 is 9.67 Å². The first-order valence-corrected chi connectivity index (χ1v) is 5.54. The first-order valence-electron chi connectivity index (χ1n) is 5.54. The van der Waals surface area contributed by atoms with Gasteiger partial charge in [0.2, 0.25) is 0 Å². The molecule has 1 aromatic heterocycles. The molecular weight excluding hydrogens is 214 g/mol. The smallest absolute Gasteiger partial charge is 0.307 e. The van der Waals surface area contributed by atoms with Crippen LogP contribution in [0.1, 0.15) is 17.0 Å². The summed E-state index contributed by atoms with van der Waals surface area (Å²) in [6.07, 6.45) is 0.0759. The molecule has 0 unspecified atom stereocenters. The third-order valence-corrected chi connectivity index (χ3v) is 2.89. The number of aryl methyl sites for hydroxylation is 1. The van der Waals surface area contributed by atoms with Crippen LogP contribution >= 0.6 is 0 Å². The topological polar surface area (TPSA) is 42.2 Å². The van der Waals surface area contributed by atoms with Crippen LogP contribution in [0.4, 0.5) is 0 Å². The van der Waals surface area contributed by atoms with Crippen molar-refractivity contribution < 1.29 is 9.90 Å². The number of para-hydroxylation sites is 1. The molecule has 0 radical (unpaired) electrons. The number of aliphatic carboxylic acids is 1. The van der Waals surface area contributed by atoms with E-state index in [0.717, 1.165) is 22.6 Å². The average Bonchev–Trinajstić information content (AvgIpc) is 2.54. The van der Waals surface area contributed by atoms with Crippen molar-refractivity contribution in [2.24, 2.45) is 0 Å². The molecule has 0 saturated carbocycles. The normalized spacial score (nSPS) is 10.5. The van der Waals surface area contributed by atoms with Crippen molar-refractivity contribution in [2.75, 3.05) is 0 Å². The molecule has 0 amide bonds. The Bertz CT molecular complexity index is 541. The predicted octanol–water partition coefficient (Wildman–Crippen LogP) is 2.72. The Hall–Kier alpha value is -2.03. The molecule has 2 rings (SSSR count). The van der Waals surface area contributed by atoms with E-state index in [2.05, 4.69) is 4.57 Å². The lowest BCUT2D eigenvalue weighted by molar-refractivity contribution is -0.136. The third-order valence-electron chi connectivity index (χ3n) is 2.89. The highest BCUT2D eigenvalue weighted by Gasteiger charge is 2.12. The van der Waals surface area contributed by atoms with Gasteiger partial charge in [0.1, 0.15) is 0 Å². The maximum atomic E-state index is 10.8. The van der Waals surface area contributed by atoms with E-state index < -0.39 is 5.97 Å². The van der Waals surface area contributed by atoms with Gasteiger partial charge >= 0.3 is 5.97 Å². The van der Waals surface area contributed by atoms with Gasteiger partial charge in [-0.1, -0.05) is 18.2 Å². The molecule has 0 aliphatic heterocycles. The number of hydrogen-bond donors (Lipinski definition) is 1. The Morgan fingerprint density at radius 3 is 2.47 bits per heavy atom. The predicted molar refractivity (Wildman–Crippen MR) is 66.6 cm³/mol. The van der Waals surface area contributed by atoms with Gasteiger partial charge in [0.15, 0.2) is 0 Å². The molecule has 0 saturated heterocycles. The Labute approximate surface area is 100 Å².